The fraction of sp³-hybridized carbons (Fsp3) is 0.545. The molecule has 15 heavy (non-hydrogen) atoms. The zero-order valence-corrected chi connectivity index (χ0v) is 8.78. The van der Waals surface area contributed by atoms with E-state index in [9.17, 15) is 0 Å². The molecule has 82 valence electrons. The number of anilines is 1. The minimum absolute atomic E-state index is 0.409. The summed E-state index contributed by atoms with van der Waals surface area (Å²) in [6.45, 7) is 2.19. The van der Waals surface area contributed by atoms with Gasteiger partial charge in [0.2, 0.25) is 0 Å². The van der Waals surface area contributed by atoms with Gasteiger partial charge in [0.25, 0.3) is 0 Å². The summed E-state index contributed by atoms with van der Waals surface area (Å²) in [4.78, 5) is 4.06. The summed E-state index contributed by atoms with van der Waals surface area (Å²) < 4.78 is 5.42. The number of ether oxygens (including phenoxy) is 1. The average Bonchev–Trinajstić information content (AvgIpc) is 2.31. The molecular weight excluding hydrogens is 190 g/mol. The minimum atomic E-state index is 0.409. The molecule has 0 bridgehead atoms. The number of hydrogen-bond donors (Lipinski definition) is 2. The molecule has 0 saturated carbocycles. The van der Waals surface area contributed by atoms with Crippen molar-refractivity contribution in [2.75, 3.05) is 18.5 Å². The van der Waals surface area contributed by atoms with E-state index in [1.165, 1.54) is 0 Å². The first-order valence-corrected chi connectivity index (χ1v) is 5.37. The van der Waals surface area contributed by atoms with Crippen LogP contribution in [0.4, 0.5) is 5.69 Å². The fourth-order valence-corrected chi connectivity index (χ4v) is 1.81. The predicted molar refractivity (Wildman–Crippen MR) is 59.6 cm³/mol. The van der Waals surface area contributed by atoms with E-state index < -0.39 is 0 Å². The SMILES string of the molecule is NCc1cnccc1NC1CCCOC1. The maximum Gasteiger partial charge on any atom is 0.0667 e. The van der Waals surface area contributed by atoms with Crippen molar-refractivity contribution in [3.63, 3.8) is 0 Å². The first-order chi connectivity index (χ1) is 7.40. The lowest BCUT2D eigenvalue weighted by atomic mass is 10.1. The number of rotatable bonds is 3. The quantitative estimate of drug-likeness (QED) is 0.780. The minimum Gasteiger partial charge on any atom is -0.380 e. The highest BCUT2D eigenvalue weighted by atomic mass is 16.5. The van der Waals surface area contributed by atoms with Gasteiger partial charge in [-0.15, -0.1) is 0 Å². The summed E-state index contributed by atoms with van der Waals surface area (Å²) in [6.07, 6.45) is 5.88. The van der Waals surface area contributed by atoms with Gasteiger partial charge in [-0.1, -0.05) is 0 Å². The van der Waals surface area contributed by atoms with Crippen molar-refractivity contribution >= 4 is 5.69 Å². The normalized spacial score (nSPS) is 21.3. The molecule has 0 aliphatic carbocycles. The molecule has 2 heterocycles. The summed E-state index contributed by atoms with van der Waals surface area (Å²) in [5, 5.41) is 3.46. The Morgan fingerprint density at radius 3 is 3.27 bits per heavy atom. The maximum atomic E-state index is 5.64. The van der Waals surface area contributed by atoms with Gasteiger partial charge in [0.15, 0.2) is 0 Å². The highest BCUT2D eigenvalue weighted by Gasteiger charge is 2.14. The molecule has 1 fully saturated rings. The Morgan fingerprint density at radius 2 is 2.53 bits per heavy atom. The van der Waals surface area contributed by atoms with Gasteiger partial charge in [-0.05, 0) is 18.9 Å². The molecule has 0 radical (unpaired) electrons. The summed E-state index contributed by atoms with van der Waals surface area (Å²) in [6, 6.07) is 2.38. The molecule has 1 atom stereocenters. The fourth-order valence-electron chi connectivity index (χ4n) is 1.81. The first kappa shape index (κ1) is 10.4. The van der Waals surface area contributed by atoms with Gasteiger partial charge in [0.05, 0.1) is 6.61 Å². The summed E-state index contributed by atoms with van der Waals surface area (Å²) in [5.74, 6) is 0. The molecule has 0 spiro atoms. The van der Waals surface area contributed by atoms with Crippen LogP contribution in [0.3, 0.4) is 0 Å². The van der Waals surface area contributed by atoms with Crippen LogP contribution >= 0.6 is 0 Å². The Hall–Kier alpha value is -1.13. The number of aromatic nitrogens is 1. The van der Waals surface area contributed by atoms with Crippen LogP contribution in [0.2, 0.25) is 0 Å². The number of hydrogen-bond acceptors (Lipinski definition) is 4. The second-order valence-corrected chi connectivity index (χ2v) is 3.80. The molecule has 3 N–H and O–H groups in total. The highest BCUT2D eigenvalue weighted by molar-refractivity contribution is 5.50. The third kappa shape index (κ3) is 2.67. The van der Waals surface area contributed by atoms with Gasteiger partial charge >= 0.3 is 0 Å². The Kier molecular flexibility index (Phi) is 3.53. The van der Waals surface area contributed by atoms with E-state index in [-0.39, 0.29) is 0 Å². The Labute approximate surface area is 89.8 Å². The van der Waals surface area contributed by atoms with Crippen molar-refractivity contribution in [2.45, 2.75) is 25.4 Å². The standard InChI is InChI=1S/C11H17N3O/c12-6-9-7-13-4-3-11(9)14-10-2-1-5-15-8-10/h3-4,7,10H,1-2,5-6,8,12H2,(H,13,14). The van der Waals surface area contributed by atoms with Gasteiger partial charge in [-0.25, -0.2) is 0 Å². The Bertz CT molecular complexity index is 310. The number of nitrogens with one attached hydrogen (secondary N) is 1. The summed E-state index contributed by atoms with van der Waals surface area (Å²) in [5.41, 5.74) is 7.79. The largest absolute Gasteiger partial charge is 0.380 e. The monoisotopic (exact) mass is 207 g/mol. The van der Waals surface area contributed by atoms with Gasteiger partial charge < -0.3 is 15.8 Å². The van der Waals surface area contributed by atoms with Crippen molar-refractivity contribution in [2.24, 2.45) is 5.73 Å². The molecule has 1 saturated heterocycles. The lowest BCUT2D eigenvalue weighted by molar-refractivity contribution is 0.0876. The van der Waals surface area contributed by atoms with Crippen LogP contribution in [0, 0.1) is 0 Å². The number of nitrogens with two attached hydrogens (primary N) is 1. The van der Waals surface area contributed by atoms with Crippen molar-refractivity contribution in [1.29, 1.82) is 0 Å². The zero-order valence-electron chi connectivity index (χ0n) is 8.78. The molecule has 0 aromatic carbocycles. The molecule has 1 unspecified atom stereocenters. The smallest absolute Gasteiger partial charge is 0.0667 e. The van der Waals surface area contributed by atoms with Crippen LogP contribution in [0.25, 0.3) is 0 Å². The topological polar surface area (TPSA) is 60.2 Å². The average molecular weight is 207 g/mol. The lowest BCUT2D eigenvalue weighted by Crippen LogP contribution is -2.30. The molecule has 4 nitrogen and oxygen atoms in total. The van der Waals surface area contributed by atoms with E-state index in [4.69, 9.17) is 10.5 Å². The predicted octanol–water partition coefficient (Wildman–Crippen LogP) is 1.13. The second-order valence-electron chi connectivity index (χ2n) is 3.80. The van der Waals surface area contributed by atoms with E-state index in [0.717, 1.165) is 37.3 Å². The lowest BCUT2D eigenvalue weighted by Gasteiger charge is -2.25. The first-order valence-electron chi connectivity index (χ1n) is 5.37. The summed E-state index contributed by atoms with van der Waals surface area (Å²) >= 11 is 0. The van der Waals surface area contributed by atoms with Gasteiger partial charge in [0, 0.05) is 42.8 Å². The van der Waals surface area contributed by atoms with Crippen molar-refractivity contribution in [3.05, 3.63) is 24.0 Å². The highest BCUT2D eigenvalue weighted by Crippen LogP contribution is 2.17. The van der Waals surface area contributed by atoms with E-state index in [1.807, 2.05) is 12.3 Å². The third-order valence-corrected chi connectivity index (χ3v) is 2.64. The van der Waals surface area contributed by atoms with Crippen LogP contribution in [0.15, 0.2) is 18.5 Å². The Balaban J connectivity index is 2.02. The van der Waals surface area contributed by atoms with Crippen molar-refractivity contribution in [1.82, 2.24) is 4.98 Å². The molecule has 0 amide bonds. The van der Waals surface area contributed by atoms with E-state index in [1.54, 1.807) is 6.20 Å². The van der Waals surface area contributed by atoms with Crippen LogP contribution in [-0.4, -0.2) is 24.2 Å². The molecule has 1 aromatic rings. The summed E-state index contributed by atoms with van der Waals surface area (Å²) in [7, 11) is 0. The molecule has 1 aliphatic rings. The van der Waals surface area contributed by atoms with Crippen molar-refractivity contribution < 1.29 is 4.74 Å². The van der Waals surface area contributed by atoms with Crippen LogP contribution in [0.1, 0.15) is 18.4 Å². The van der Waals surface area contributed by atoms with Gasteiger partial charge in [0.1, 0.15) is 0 Å². The maximum absolute atomic E-state index is 5.64. The van der Waals surface area contributed by atoms with Crippen LogP contribution in [0.5, 0.6) is 0 Å². The van der Waals surface area contributed by atoms with Gasteiger partial charge in [-0.3, -0.25) is 4.98 Å². The number of nitrogens with zero attached hydrogens (tertiary/aromatic N) is 1. The third-order valence-electron chi connectivity index (χ3n) is 2.64. The van der Waals surface area contributed by atoms with Crippen LogP contribution < -0.4 is 11.1 Å². The number of pyridine rings is 1. The second kappa shape index (κ2) is 5.09. The van der Waals surface area contributed by atoms with E-state index in [2.05, 4.69) is 10.3 Å². The van der Waals surface area contributed by atoms with Crippen LogP contribution in [-0.2, 0) is 11.3 Å². The molecule has 1 aliphatic heterocycles. The van der Waals surface area contributed by atoms with Gasteiger partial charge in [-0.2, -0.15) is 0 Å². The zero-order chi connectivity index (χ0) is 10.5. The molecule has 2 rings (SSSR count). The molecular formula is C11H17N3O. The Morgan fingerprint density at radius 1 is 1.60 bits per heavy atom. The van der Waals surface area contributed by atoms with Crippen molar-refractivity contribution in [3.8, 4) is 0 Å². The van der Waals surface area contributed by atoms with E-state index >= 15 is 0 Å². The molecule has 4 heteroatoms. The molecule has 1 aromatic heterocycles. The van der Waals surface area contributed by atoms with E-state index in [0.29, 0.717) is 12.6 Å².